The van der Waals surface area contributed by atoms with Gasteiger partial charge in [0.05, 0.1) is 13.1 Å². The number of benzene rings is 1. The van der Waals surface area contributed by atoms with E-state index < -0.39 is 5.91 Å². The lowest BCUT2D eigenvalue weighted by Crippen LogP contribution is -2.39. The number of halogens is 1. The van der Waals surface area contributed by atoms with Crippen molar-refractivity contribution >= 4 is 23.3 Å². The van der Waals surface area contributed by atoms with Gasteiger partial charge >= 0.3 is 0 Å². The summed E-state index contributed by atoms with van der Waals surface area (Å²) >= 11 is 5.78. The van der Waals surface area contributed by atoms with Crippen molar-refractivity contribution in [2.24, 2.45) is 11.7 Å². The number of ketones is 1. The zero-order valence-corrected chi connectivity index (χ0v) is 12.0. The molecule has 104 valence electrons. The molecule has 0 bridgehead atoms. The monoisotopic (exact) mass is 282 g/mol. The number of rotatable bonds is 7. The molecule has 0 aliphatic heterocycles. The predicted molar refractivity (Wildman–Crippen MR) is 76.3 cm³/mol. The molecule has 1 aromatic carbocycles. The summed E-state index contributed by atoms with van der Waals surface area (Å²) in [6, 6.07) is 6.72. The van der Waals surface area contributed by atoms with Crippen molar-refractivity contribution in [1.82, 2.24) is 4.90 Å². The Bertz CT molecular complexity index is 443. The van der Waals surface area contributed by atoms with Gasteiger partial charge in [-0.3, -0.25) is 14.5 Å². The van der Waals surface area contributed by atoms with Gasteiger partial charge in [-0.15, -0.1) is 0 Å². The van der Waals surface area contributed by atoms with Crippen molar-refractivity contribution in [2.75, 3.05) is 19.6 Å². The average Bonchev–Trinajstić information content (AvgIpc) is 2.27. The summed E-state index contributed by atoms with van der Waals surface area (Å²) in [4.78, 5) is 24.9. The largest absolute Gasteiger partial charge is 0.369 e. The highest BCUT2D eigenvalue weighted by molar-refractivity contribution is 6.30. The molecule has 0 aliphatic carbocycles. The topological polar surface area (TPSA) is 63.4 Å². The molecule has 0 saturated carbocycles. The first-order chi connectivity index (χ1) is 8.88. The second kappa shape index (κ2) is 7.26. The van der Waals surface area contributed by atoms with Crippen LogP contribution in [0.1, 0.15) is 24.2 Å². The van der Waals surface area contributed by atoms with Crippen molar-refractivity contribution in [1.29, 1.82) is 0 Å². The minimum atomic E-state index is -0.426. The van der Waals surface area contributed by atoms with Crippen molar-refractivity contribution in [3.8, 4) is 0 Å². The number of carbonyl (C=O) groups excluding carboxylic acids is 2. The Balaban J connectivity index is 2.69. The fourth-order valence-corrected chi connectivity index (χ4v) is 1.98. The highest BCUT2D eigenvalue weighted by Gasteiger charge is 2.15. The standard InChI is InChI=1S/C14H19ClN2O2/c1-10(2)7-17(9-14(16)19)8-13(18)11-3-5-12(15)6-4-11/h3-6,10H,7-9H2,1-2H3,(H2,16,19). The van der Waals surface area contributed by atoms with E-state index >= 15 is 0 Å². The van der Waals surface area contributed by atoms with E-state index in [2.05, 4.69) is 0 Å². The van der Waals surface area contributed by atoms with Crippen LogP contribution in [-0.2, 0) is 4.79 Å². The minimum absolute atomic E-state index is 0.0430. The van der Waals surface area contributed by atoms with E-state index in [-0.39, 0.29) is 18.9 Å². The van der Waals surface area contributed by atoms with Gasteiger partial charge in [-0.05, 0) is 30.2 Å². The van der Waals surface area contributed by atoms with E-state index in [1.54, 1.807) is 29.2 Å². The Labute approximate surface area is 118 Å². The summed E-state index contributed by atoms with van der Waals surface area (Å²) < 4.78 is 0. The van der Waals surface area contributed by atoms with Crippen LogP contribution >= 0.6 is 11.6 Å². The number of primary amides is 1. The van der Waals surface area contributed by atoms with E-state index in [1.165, 1.54) is 0 Å². The Hall–Kier alpha value is -1.39. The molecule has 1 rings (SSSR count). The molecule has 0 saturated heterocycles. The molecule has 1 aromatic rings. The number of hydrogen-bond acceptors (Lipinski definition) is 3. The maximum absolute atomic E-state index is 12.1. The Morgan fingerprint density at radius 3 is 2.26 bits per heavy atom. The zero-order valence-electron chi connectivity index (χ0n) is 11.2. The van der Waals surface area contributed by atoms with E-state index in [1.807, 2.05) is 13.8 Å². The second-order valence-corrected chi connectivity index (χ2v) is 5.40. The fraction of sp³-hybridized carbons (Fsp3) is 0.429. The van der Waals surface area contributed by atoms with Crippen molar-refractivity contribution in [3.63, 3.8) is 0 Å². The van der Waals surface area contributed by atoms with Crippen LogP contribution in [0.25, 0.3) is 0 Å². The number of amides is 1. The summed E-state index contributed by atoms with van der Waals surface area (Å²) in [5.74, 6) is -0.111. The average molecular weight is 283 g/mol. The fourth-order valence-electron chi connectivity index (χ4n) is 1.85. The van der Waals surface area contributed by atoms with Gasteiger partial charge < -0.3 is 5.73 Å². The smallest absolute Gasteiger partial charge is 0.231 e. The highest BCUT2D eigenvalue weighted by atomic mass is 35.5. The summed E-state index contributed by atoms with van der Waals surface area (Å²) in [7, 11) is 0. The van der Waals surface area contributed by atoms with Gasteiger partial charge in [0.2, 0.25) is 5.91 Å². The third kappa shape index (κ3) is 5.85. The second-order valence-electron chi connectivity index (χ2n) is 4.96. The van der Waals surface area contributed by atoms with Gasteiger partial charge in [-0.25, -0.2) is 0 Å². The van der Waals surface area contributed by atoms with Crippen molar-refractivity contribution < 1.29 is 9.59 Å². The lowest BCUT2D eigenvalue weighted by molar-refractivity contribution is -0.119. The molecule has 0 radical (unpaired) electrons. The molecule has 4 nitrogen and oxygen atoms in total. The Kier molecular flexibility index (Phi) is 5.99. The van der Waals surface area contributed by atoms with Crippen molar-refractivity contribution in [3.05, 3.63) is 34.9 Å². The Morgan fingerprint density at radius 2 is 1.79 bits per heavy atom. The first-order valence-electron chi connectivity index (χ1n) is 6.18. The molecule has 0 aliphatic rings. The normalized spacial score (nSPS) is 11.0. The molecule has 0 unspecified atom stereocenters. The maximum Gasteiger partial charge on any atom is 0.231 e. The summed E-state index contributed by atoms with van der Waals surface area (Å²) in [5, 5.41) is 0.590. The van der Waals surface area contributed by atoms with Gasteiger partial charge in [0.15, 0.2) is 5.78 Å². The van der Waals surface area contributed by atoms with Crippen LogP contribution in [0.4, 0.5) is 0 Å². The first-order valence-corrected chi connectivity index (χ1v) is 6.55. The van der Waals surface area contributed by atoms with Crippen LogP contribution in [0.5, 0.6) is 0 Å². The SMILES string of the molecule is CC(C)CN(CC(N)=O)CC(=O)c1ccc(Cl)cc1. The molecule has 19 heavy (non-hydrogen) atoms. The maximum atomic E-state index is 12.1. The van der Waals surface area contributed by atoms with E-state index in [4.69, 9.17) is 17.3 Å². The molecule has 5 heteroatoms. The Morgan fingerprint density at radius 1 is 1.21 bits per heavy atom. The minimum Gasteiger partial charge on any atom is -0.369 e. The lowest BCUT2D eigenvalue weighted by atomic mass is 10.1. The lowest BCUT2D eigenvalue weighted by Gasteiger charge is -2.21. The first kappa shape index (κ1) is 15.7. The highest BCUT2D eigenvalue weighted by Crippen LogP contribution is 2.11. The molecule has 0 atom stereocenters. The molecular formula is C14H19ClN2O2. The van der Waals surface area contributed by atoms with Crippen LogP contribution < -0.4 is 5.73 Å². The number of carbonyl (C=O) groups is 2. The molecule has 0 heterocycles. The van der Waals surface area contributed by atoms with E-state index in [0.29, 0.717) is 23.0 Å². The van der Waals surface area contributed by atoms with Crippen LogP contribution in [0.15, 0.2) is 24.3 Å². The third-order valence-electron chi connectivity index (χ3n) is 2.54. The van der Waals surface area contributed by atoms with Crippen molar-refractivity contribution in [2.45, 2.75) is 13.8 Å². The third-order valence-corrected chi connectivity index (χ3v) is 2.79. The molecule has 0 fully saturated rings. The summed E-state index contributed by atoms with van der Waals surface area (Å²) in [6.07, 6.45) is 0. The van der Waals surface area contributed by atoms with Gasteiger partial charge in [0, 0.05) is 17.1 Å². The van der Waals surface area contributed by atoms with E-state index in [0.717, 1.165) is 0 Å². The molecule has 0 aromatic heterocycles. The van der Waals surface area contributed by atoms with Crippen LogP contribution in [-0.4, -0.2) is 36.2 Å². The molecular weight excluding hydrogens is 264 g/mol. The van der Waals surface area contributed by atoms with Gasteiger partial charge in [-0.1, -0.05) is 25.4 Å². The van der Waals surface area contributed by atoms with E-state index in [9.17, 15) is 9.59 Å². The van der Waals surface area contributed by atoms with Crippen LogP contribution in [0.3, 0.4) is 0 Å². The summed E-state index contributed by atoms with van der Waals surface area (Å²) in [5.41, 5.74) is 5.78. The molecule has 1 amide bonds. The molecule has 2 N–H and O–H groups in total. The van der Waals surface area contributed by atoms with Crippen LogP contribution in [0, 0.1) is 5.92 Å². The van der Waals surface area contributed by atoms with Crippen LogP contribution in [0.2, 0.25) is 5.02 Å². The number of nitrogens with two attached hydrogens (primary N) is 1. The summed E-state index contributed by atoms with van der Waals surface area (Å²) in [6.45, 7) is 4.99. The zero-order chi connectivity index (χ0) is 14.4. The van der Waals surface area contributed by atoms with Gasteiger partial charge in [0.25, 0.3) is 0 Å². The number of nitrogens with zero attached hydrogens (tertiary/aromatic N) is 1. The molecule has 0 spiro atoms. The van der Waals surface area contributed by atoms with Gasteiger partial charge in [0.1, 0.15) is 0 Å². The predicted octanol–water partition coefficient (Wildman–Crippen LogP) is 1.97. The number of hydrogen-bond donors (Lipinski definition) is 1. The number of Topliss-reactive ketones (excluding diaryl/α,β-unsaturated/α-hetero) is 1. The van der Waals surface area contributed by atoms with Gasteiger partial charge in [-0.2, -0.15) is 0 Å². The quantitative estimate of drug-likeness (QED) is 0.778.